The fourth-order valence-corrected chi connectivity index (χ4v) is 2.83. The van der Waals surface area contributed by atoms with Gasteiger partial charge in [-0.05, 0) is 44.0 Å². The SMILES string of the molecule is COc1ccccc1-c1cnc(CC2CCNCC2)[nH]1. The molecule has 1 saturated heterocycles. The first kappa shape index (κ1) is 13.2. The van der Waals surface area contributed by atoms with Gasteiger partial charge in [0.05, 0.1) is 19.0 Å². The molecule has 0 bridgehead atoms. The Bertz CT molecular complexity index is 558. The topological polar surface area (TPSA) is 49.9 Å². The first-order valence-corrected chi connectivity index (χ1v) is 7.25. The van der Waals surface area contributed by atoms with E-state index in [-0.39, 0.29) is 0 Å². The van der Waals surface area contributed by atoms with E-state index in [4.69, 9.17) is 4.74 Å². The molecule has 1 aromatic carbocycles. The molecule has 0 aliphatic carbocycles. The van der Waals surface area contributed by atoms with E-state index >= 15 is 0 Å². The Morgan fingerprint density at radius 2 is 2.05 bits per heavy atom. The average Bonchev–Trinajstić information content (AvgIpc) is 2.96. The molecule has 0 atom stereocenters. The van der Waals surface area contributed by atoms with E-state index in [0.29, 0.717) is 0 Å². The summed E-state index contributed by atoms with van der Waals surface area (Å²) in [5.74, 6) is 2.70. The second-order valence-corrected chi connectivity index (χ2v) is 5.34. The summed E-state index contributed by atoms with van der Waals surface area (Å²) >= 11 is 0. The zero-order valence-electron chi connectivity index (χ0n) is 11.9. The number of aromatic amines is 1. The number of piperidine rings is 1. The van der Waals surface area contributed by atoms with E-state index in [2.05, 4.69) is 21.4 Å². The van der Waals surface area contributed by atoms with Gasteiger partial charge in [-0.2, -0.15) is 0 Å². The van der Waals surface area contributed by atoms with Crippen LogP contribution in [0.4, 0.5) is 0 Å². The van der Waals surface area contributed by atoms with Crippen molar-refractivity contribution in [3.05, 3.63) is 36.3 Å². The molecule has 106 valence electrons. The summed E-state index contributed by atoms with van der Waals surface area (Å²) in [7, 11) is 1.70. The molecule has 0 radical (unpaired) electrons. The highest BCUT2D eigenvalue weighted by atomic mass is 16.5. The minimum absolute atomic E-state index is 0.743. The molecule has 1 aliphatic heterocycles. The van der Waals surface area contributed by atoms with E-state index < -0.39 is 0 Å². The van der Waals surface area contributed by atoms with Gasteiger partial charge in [-0.1, -0.05) is 12.1 Å². The van der Waals surface area contributed by atoms with Crippen molar-refractivity contribution in [3.63, 3.8) is 0 Å². The molecule has 1 fully saturated rings. The van der Waals surface area contributed by atoms with Crippen LogP contribution < -0.4 is 10.1 Å². The summed E-state index contributed by atoms with van der Waals surface area (Å²) in [6, 6.07) is 8.03. The Hall–Kier alpha value is -1.81. The molecular weight excluding hydrogens is 250 g/mol. The minimum atomic E-state index is 0.743. The molecule has 20 heavy (non-hydrogen) atoms. The standard InChI is InChI=1S/C16H21N3O/c1-20-15-5-3-2-4-13(15)14-11-18-16(19-14)10-12-6-8-17-9-7-12/h2-5,11-12,17H,6-10H2,1H3,(H,18,19). The van der Waals surface area contributed by atoms with Crippen LogP contribution in [0.1, 0.15) is 18.7 Å². The lowest BCUT2D eigenvalue weighted by atomic mass is 9.94. The number of rotatable bonds is 4. The Morgan fingerprint density at radius 3 is 2.85 bits per heavy atom. The van der Waals surface area contributed by atoms with Gasteiger partial charge in [-0.3, -0.25) is 0 Å². The summed E-state index contributed by atoms with van der Waals surface area (Å²) < 4.78 is 5.40. The molecular formula is C16H21N3O. The van der Waals surface area contributed by atoms with Crippen LogP contribution in [-0.2, 0) is 6.42 Å². The molecule has 4 heteroatoms. The molecule has 0 spiro atoms. The van der Waals surface area contributed by atoms with Crippen molar-refractivity contribution in [1.29, 1.82) is 0 Å². The molecule has 2 aromatic rings. The third-order valence-electron chi connectivity index (χ3n) is 3.97. The van der Waals surface area contributed by atoms with E-state index in [1.54, 1.807) is 7.11 Å². The van der Waals surface area contributed by atoms with Gasteiger partial charge in [0.1, 0.15) is 11.6 Å². The van der Waals surface area contributed by atoms with Crippen LogP contribution in [0, 0.1) is 5.92 Å². The van der Waals surface area contributed by atoms with Crippen LogP contribution in [0.3, 0.4) is 0 Å². The zero-order valence-corrected chi connectivity index (χ0v) is 11.9. The van der Waals surface area contributed by atoms with Crippen molar-refractivity contribution in [2.75, 3.05) is 20.2 Å². The Morgan fingerprint density at radius 1 is 1.25 bits per heavy atom. The second kappa shape index (κ2) is 6.09. The van der Waals surface area contributed by atoms with Crippen LogP contribution in [0.25, 0.3) is 11.3 Å². The van der Waals surface area contributed by atoms with E-state index in [1.165, 1.54) is 12.8 Å². The lowest BCUT2D eigenvalue weighted by molar-refractivity contribution is 0.368. The number of aromatic nitrogens is 2. The molecule has 3 rings (SSSR count). The molecule has 0 amide bonds. The summed E-state index contributed by atoms with van der Waals surface area (Å²) in [4.78, 5) is 7.97. The number of imidazole rings is 1. The van der Waals surface area contributed by atoms with Gasteiger partial charge in [0, 0.05) is 12.0 Å². The van der Waals surface area contributed by atoms with E-state index in [0.717, 1.165) is 48.3 Å². The number of hydrogen-bond acceptors (Lipinski definition) is 3. The highest BCUT2D eigenvalue weighted by Crippen LogP contribution is 2.28. The van der Waals surface area contributed by atoms with Gasteiger partial charge in [0.2, 0.25) is 0 Å². The van der Waals surface area contributed by atoms with Crippen molar-refractivity contribution < 1.29 is 4.74 Å². The van der Waals surface area contributed by atoms with Crippen LogP contribution >= 0.6 is 0 Å². The molecule has 1 aliphatic rings. The van der Waals surface area contributed by atoms with Crippen molar-refractivity contribution >= 4 is 0 Å². The number of nitrogens with zero attached hydrogens (tertiary/aromatic N) is 1. The lowest BCUT2D eigenvalue weighted by Crippen LogP contribution is -2.28. The Balaban J connectivity index is 1.75. The first-order chi connectivity index (χ1) is 9.86. The number of hydrogen-bond donors (Lipinski definition) is 2. The molecule has 0 unspecified atom stereocenters. The first-order valence-electron chi connectivity index (χ1n) is 7.25. The number of benzene rings is 1. The van der Waals surface area contributed by atoms with Crippen LogP contribution in [0.5, 0.6) is 5.75 Å². The number of methoxy groups -OCH3 is 1. The zero-order chi connectivity index (χ0) is 13.8. The second-order valence-electron chi connectivity index (χ2n) is 5.34. The number of ether oxygens (including phenoxy) is 1. The largest absolute Gasteiger partial charge is 0.496 e. The van der Waals surface area contributed by atoms with Gasteiger partial charge >= 0.3 is 0 Å². The fourth-order valence-electron chi connectivity index (χ4n) is 2.83. The van der Waals surface area contributed by atoms with E-state index in [9.17, 15) is 0 Å². The van der Waals surface area contributed by atoms with Crippen molar-refractivity contribution in [2.24, 2.45) is 5.92 Å². The minimum Gasteiger partial charge on any atom is -0.496 e. The predicted octanol–water partition coefficient (Wildman–Crippen LogP) is 2.63. The summed E-state index contributed by atoms with van der Waals surface area (Å²) in [5, 5.41) is 3.40. The molecule has 2 N–H and O–H groups in total. The van der Waals surface area contributed by atoms with Crippen LogP contribution in [-0.4, -0.2) is 30.2 Å². The third-order valence-corrected chi connectivity index (χ3v) is 3.97. The van der Waals surface area contributed by atoms with Crippen molar-refractivity contribution in [1.82, 2.24) is 15.3 Å². The molecule has 2 heterocycles. The van der Waals surface area contributed by atoms with E-state index in [1.807, 2.05) is 24.4 Å². The van der Waals surface area contributed by atoms with Crippen LogP contribution in [0.2, 0.25) is 0 Å². The monoisotopic (exact) mass is 271 g/mol. The van der Waals surface area contributed by atoms with Gasteiger partial charge in [-0.15, -0.1) is 0 Å². The number of H-pyrrole nitrogens is 1. The molecule has 0 saturated carbocycles. The Kier molecular flexibility index (Phi) is 4.02. The average molecular weight is 271 g/mol. The van der Waals surface area contributed by atoms with Gasteiger partial charge in [-0.25, -0.2) is 4.98 Å². The maximum absolute atomic E-state index is 5.40. The number of nitrogens with one attached hydrogen (secondary N) is 2. The maximum atomic E-state index is 5.40. The highest BCUT2D eigenvalue weighted by Gasteiger charge is 2.16. The Labute approximate surface area is 119 Å². The summed E-state index contributed by atoms with van der Waals surface area (Å²) in [5.41, 5.74) is 2.10. The van der Waals surface area contributed by atoms with Crippen molar-refractivity contribution in [2.45, 2.75) is 19.3 Å². The molecule has 4 nitrogen and oxygen atoms in total. The van der Waals surface area contributed by atoms with Gasteiger partial charge in [0.25, 0.3) is 0 Å². The normalized spacial score (nSPS) is 16.2. The van der Waals surface area contributed by atoms with Crippen molar-refractivity contribution in [3.8, 4) is 17.0 Å². The predicted molar refractivity (Wildman–Crippen MR) is 79.9 cm³/mol. The summed E-state index contributed by atoms with van der Waals surface area (Å²) in [6.07, 6.45) is 5.43. The smallest absolute Gasteiger partial charge is 0.128 e. The van der Waals surface area contributed by atoms with Gasteiger partial charge in [0.15, 0.2) is 0 Å². The fraction of sp³-hybridized carbons (Fsp3) is 0.438. The molecule has 1 aromatic heterocycles. The summed E-state index contributed by atoms with van der Waals surface area (Å²) in [6.45, 7) is 2.26. The highest BCUT2D eigenvalue weighted by molar-refractivity contribution is 5.66. The van der Waals surface area contributed by atoms with Gasteiger partial charge < -0.3 is 15.0 Å². The quantitative estimate of drug-likeness (QED) is 0.898. The third kappa shape index (κ3) is 2.85. The van der Waals surface area contributed by atoms with Crippen LogP contribution in [0.15, 0.2) is 30.5 Å². The lowest BCUT2D eigenvalue weighted by Gasteiger charge is -2.21. The number of para-hydroxylation sites is 1. The maximum Gasteiger partial charge on any atom is 0.128 e.